The molecule has 0 bridgehead atoms. The predicted molar refractivity (Wildman–Crippen MR) is 71.8 cm³/mol. The molecule has 1 rings (SSSR count). The summed E-state index contributed by atoms with van der Waals surface area (Å²) in [4.78, 5) is 11.6. The maximum absolute atomic E-state index is 11.6. The Morgan fingerprint density at radius 1 is 1.39 bits per heavy atom. The van der Waals surface area contributed by atoms with Gasteiger partial charge in [0.05, 0.1) is 6.54 Å². The third-order valence-electron chi connectivity index (χ3n) is 3.33. The Labute approximate surface area is 111 Å². The van der Waals surface area contributed by atoms with E-state index in [0.29, 0.717) is 5.92 Å². The predicted octanol–water partition coefficient (Wildman–Crippen LogP) is 1.67. The van der Waals surface area contributed by atoms with Crippen molar-refractivity contribution in [1.29, 1.82) is 0 Å². The van der Waals surface area contributed by atoms with Crippen molar-refractivity contribution in [3.8, 4) is 0 Å². The lowest BCUT2D eigenvalue weighted by atomic mass is 9.81. The Balaban J connectivity index is 2.24. The number of amides is 1. The van der Waals surface area contributed by atoms with Crippen LogP contribution in [0.4, 0.5) is 4.79 Å². The molecule has 0 aromatic heterocycles. The summed E-state index contributed by atoms with van der Waals surface area (Å²) in [6.45, 7) is 7.49. The van der Waals surface area contributed by atoms with Crippen LogP contribution in [0.1, 0.15) is 46.5 Å². The van der Waals surface area contributed by atoms with Crippen LogP contribution in [0.3, 0.4) is 0 Å². The van der Waals surface area contributed by atoms with Crippen LogP contribution in [0.5, 0.6) is 0 Å². The van der Waals surface area contributed by atoms with Crippen LogP contribution < -0.4 is 10.6 Å². The number of nitrogens with two attached hydrogens (primary N) is 1. The van der Waals surface area contributed by atoms with Crippen LogP contribution in [0.25, 0.3) is 0 Å². The summed E-state index contributed by atoms with van der Waals surface area (Å²) >= 11 is 0. The SMILES string of the molecule is [CH2-][NH2+]CC1CCCC(CNC(=O)OC(C)(C)C)C1. The smallest absolute Gasteiger partial charge is 0.407 e. The number of hydrogen-bond donors (Lipinski definition) is 2. The highest BCUT2D eigenvalue weighted by atomic mass is 16.6. The third kappa shape index (κ3) is 6.24. The van der Waals surface area contributed by atoms with E-state index >= 15 is 0 Å². The van der Waals surface area contributed by atoms with Gasteiger partial charge in [0.2, 0.25) is 0 Å². The first-order valence-corrected chi connectivity index (χ1v) is 6.98. The second kappa shape index (κ2) is 6.98. The summed E-state index contributed by atoms with van der Waals surface area (Å²) in [5.74, 6) is 1.35. The molecule has 0 radical (unpaired) electrons. The second-order valence-electron chi connectivity index (χ2n) is 6.31. The molecule has 2 unspecified atom stereocenters. The molecule has 0 heterocycles. The minimum atomic E-state index is -0.415. The molecule has 4 heteroatoms. The molecule has 1 aliphatic rings. The third-order valence-corrected chi connectivity index (χ3v) is 3.33. The van der Waals surface area contributed by atoms with Gasteiger partial charge in [-0.25, -0.2) is 4.79 Å². The molecular formula is C14H28N2O2. The Morgan fingerprint density at radius 3 is 2.67 bits per heavy atom. The highest BCUT2D eigenvalue weighted by Gasteiger charge is 2.23. The fourth-order valence-electron chi connectivity index (χ4n) is 2.58. The topological polar surface area (TPSA) is 54.9 Å². The van der Waals surface area contributed by atoms with Crippen LogP contribution >= 0.6 is 0 Å². The van der Waals surface area contributed by atoms with Crippen molar-refractivity contribution < 1.29 is 14.8 Å². The molecule has 3 N–H and O–H groups in total. The number of quaternary nitrogens is 1. The summed E-state index contributed by atoms with van der Waals surface area (Å²) in [5.41, 5.74) is -0.415. The molecule has 0 saturated heterocycles. The van der Waals surface area contributed by atoms with E-state index in [0.717, 1.165) is 19.0 Å². The lowest BCUT2D eigenvalue weighted by molar-refractivity contribution is -0.602. The molecule has 18 heavy (non-hydrogen) atoms. The van der Waals surface area contributed by atoms with Gasteiger partial charge in [-0.2, -0.15) is 7.05 Å². The van der Waals surface area contributed by atoms with Crippen LogP contribution in [0.2, 0.25) is 0 Å². The maximum Gasteiger partial charge on any atom is 0.407 e. The molecule has 2 atom stereocenters. The molecule has 0 aliphatic heterocycles. The van der Waals surface area contributed by atoms with Crippen molar-refractivity contribution >= 4 is 6.09 Å². The number of rotatable bonds is 4. The van der Waals surface area contributed by atoms with Gasteiger partial charge >= 0.3 is 6.09 Å². The second-order valence-corrected chi connectivity index (χ2v) is 6.31. The number of carbonyl (C=O) groups excluding carboxylic acids is 1. The molecule has 0 aromatic rings. The molecule has 1 fully saturated rings. The summed E-state index contributed by atoms with van der Waals surface area (Å²) in [6.07, 6.45) is 4.67. The fourth-order valence-corrected chi connectivity index (χ4v) is 2.58. The first-order chi connectivity index (χ1) is 8.40. The Bertz CT molecular complexity index is 259. The molecular weight excluding hydrogens is 228 g/mol. The number of hydrogen-bond acceptors (Lipinski definition) is 2. The normalized spacial score (nSPS) is 24.7. The summed E-state index contributed by atoms with van der Waals surface area (Å²) in [6, 6.07) is 0. The summed E-state index contributed by atoms with van der Waals surface area (Å²) in [5, 5.41) is 4.89. The Kier molecular flexibility index (Phi) is 5.93. The zero-order valence-corrected chi connectivity index (χ0v) is 12.0. The van der Waals surface area contributed by atoms with Crippen LogP contribution in [0, 0.1) is 18.9 Å². The average Bonchev–Trinajstić information content (AvgIpc) is 2.25. The van der Waals surface area contributed by atoms with Gasteiger partial charge in [0, 0.05) is 12.5 Å². The fraction of sp³-hybridized carbons (Fsp3) is 0.857. The zero-order valence-electron chi connectivity index (χ0n) is 12.0. The standard InChI is InChI=1S/C14H28N2O2/c1-14(2,3)18-13(17)16-10-12-7-5-6-11(8-12)9-15-4/h11-12H,4-10,15H2,1-3H3,(H,16,17). The van der Waals surface area contributed by atoms with E-state index in [4.69, 9.17) is 4.74 Å². The van der Waals surface area contributed by atoms with Crippen LogP contribution in [0.15, 0.2) is 0 Å². The van der Waals surface area contributed by atoms with Gasteiger partial charge in [-0.1, -0.05) is 6.42 Å². The number of nitrogens with one attached hydrogen (secondary N) is 1. The van der Waals surface area contributed by atoms with E-state index in [-0.39, 0.29) is 6.09 Å². The van der Waals surface area contributed by atoms with Gasteiger partial charge in [-0.05, 0) is 46.0 Å². The Hall–Kier alpha value is -0.770. The van der Waals surface area contributed by atoms with Gasteiger partial charge in [-0.15, -0.1) is 0 Å². The van der Waals surface area contributed by atoms with Crippen molar-refractivity contribution in [2.75, 3.05) is 13.1 Å². The minimum Gasteiger partial charge on any atom is -0.479 e. The van der Waals surface area contributed by atoms with E-state index in [2.05, 4.69) is 12.4 Å². The largest absolute Gasteiger partial charge is 0.479 e. The molecule has 106 valence electrons. The van der Waals surface area contributed by atoms with Gasteiger partial charge in [0.1, 0.15) is 5.60 Å². The summed E-state index contributed by atoms with van der Waals surface area (Å²) < 4.78 is 5.24. The first-order valence-electron chi connectivity index (χ1n) is 6.98. The number of ether oxygens (including phenoxy) is 1. The maximum atomic E-state index is 11.6. The monoisotopic (exact) mass is 256 g/mol. The lowest BCUT2D eigenvalue weighted by Crippen LogP contribution is -2.78. The lowest BCUT2D eigenvalue weighted by Gasteiger charge is -2.29. The average molecular weight is 256 g/mol. The van der Waals surface area contributed by atoms with Gasteiger partial charge in [0.25, 0.3) is 0 Å². The van der Waals surface area contributed by atoms with E-state index in [1.807, 2.05) is 26.1 Å². The molecule has 1 aliphatic carbocycles. The summed E-state index contributed by atoms with van der Waals surface area (Å²) in [7, 11) is 3.80. The first kappa shape index (κ1) is 15.3. The van der Waals surface area contributed by atoms with E-state index in [1.165, 1.54) is 25.7 Å². The molecule has 0 aromatic carbocycles. The molecule has 1 saturated carbocycles. The zero-order chi connectivity index (χ0) is 13.6. The van der Waals surface area contributed by atoms with Gasteiger partial charge < -0.3 is 15.4 Å². The van der Waals surface area contributed by atoms with Gasteiger partial charge in [-0.3, -0.25) is 0 Å². The molecule has 0 spiro atoms. The highest BCUT2D eigenvalue weighted by molar-refractivity contribution is 5.67. The highest BCUT2D eigenvalue weighted by Crippen LogP contribution is 2.27. The number of alkyl carbamates (subject to hydrolysis) is 1. The minimum absolute atomic E-state index is 0.298. The van der Waals surface area contributed by atoms with Crippen molar-refractivity contribution in [3.63, 3.8) is 0 Å². The Morgan fingerprint density at radius 2 is 2.06 bits per heavy atom. The van der Waals surface area contributed by atoms with Gasteiger partial charge in [0.15, 0.2) is 0 Å². The van der Waals surface area contributed by atoms with E-state index in [1.54, 1.807) is 0 Å². The van der Waals surface area contributed by atoms with E-state index < -0.39 is 5.60 Å². The number of carbonyl (C=O) groups is 1. The van der Waals surface area contributed by atoms with E-state index in [9.17, 15) is 4.79 Å². The molecule has 4 nitrogen and oxygen atoms in total. The van der Waals surface area contributed by atoms with Crippen molar-refractivity contribution in [2.24, 2.45) is 11.8 Å². The molecule has 1 amide bonds. The van der Waals surface area contributed by atoms with Crippen LogP contribution in [-0.4, -0.2) is 24.8 Å². The van der Waals surface area contributed by atoms with Crippen LogP contribution in [-0.2, 0) is 4.74 Å². The van der Waals surface area contributed by atoms with Crippen molar-refractivity contribution in [1.82, 2.24) is 5.32 Å². The van der Waals surface area contributed by atoms with Crippen molar-refractivity contribution in [2.45, 2.75) is 52.1 Å². The van der Waals surface area contributed by atoms with Crippen molar-refractivity contribution in [3.05, 3.63) is 7.05 Å². The quantitative estimate of drug-likeness (QED) is 0.752.